The molecule has 1 aromatic rings. The molecule has 0 N–H and O–H groups in total. The first kappa shape index (κ1) is 12.3. The quantitative estimate of drug-likeness (QED) is 0.478. The first-order chi connectivity index (χ1) is 9.00. The Balaban J connectivity index is 2.06. The van der Waals surface area contributed by atoms with Crippen LogP contribution in [0.4, 0.5) is 5.69 Å². The second kappa shape index (κ2) is 4.14. The molecule has 3 rings (SSSR count). The van der Waals surface area contributed by atoms with E-state index in [1.807, 2.05) is 12.2 Å². The molecule has 1 saturated heterocycles. The van der Waals surface area contributed by atoms with Gasteiger partial charge in [0.25, 0.3) is 5.69 Å². The number of nitrogens with zero attached hydrogens (tertiary/aromatic N) is 2. The van der Waals surface area contributed by atoms with Gasteiger partial charge in [0, 0.05) is 18.7 Å². The highest BCUT2D eigenvalue weighted by molar-refractivity contribution is 7.89. The first-order valence-corrected chi connectivity index (χ1v) is 7.38. The molecule has 0 aromatic heterocycles. The summed E-state index contributed by atoms with van der Waals surface area (Å²) < 4.78 is 26.4. The van der Waals surface area contributed by atoms with Crippen molar-refractivity contribution in [2.75, 3.05) is 6.54 Å². The number of benzene rings is 1. The molecule has 1 aliphatic carbocycles. The minimum atomic E-state index is -3.80. The van der Waals surface area contributed by atoms with E-state index in [0.717, 1.165) is 6.42 Å². The van der Waals surface area contributed by atoms with Crippen LogP contribution in [0.5, 0.6) is 0 Å². The summed E-state index contributed by atoms with van der Waals surface area (Å²) in [4.78, 5) is 10.1. The van der Waals surface area contributed by atoms with E-state index >= 15 is 0 Å². The van der Waals surface area contributed by atoms with Crippen molar-refractivity contribution in [2.24, 2.45) is 5.92 Å². The van der Waals surface area contributed by atoms with Crippen molar-refractivity contribution in [1.29, 1.82) is 0 Å². The molecular weight excluding hydrogens is 268 g/mol. The summed E-state index contributed by atoms with van der Waals surface area (Å²) >= 11 is 0. The zero-order chi connectivity index (χ0) is 13.6. The Bertz CT molecular complexity index is 668. The van der Waals surface area contributed by atoms with Gasteiger partial charge in [0.1, 0.15) is 0 Å². The lowest BCUT2D eigenvalue weighted by molar-refractivity contribution is -0.387. The van der Waals surface area contributed by atoms with Crippen LogP contribution in [0.3, 0.4) is 0 Å². The van der Waals surface area contributed by atoms with E-state index in [2.05, 4.69) is 0 Å². The predicted octanol–water partition coefficient (Wildman–Crippen LogP) is 1.54. The first-order valence-electron chi connectivity index (χ1n) is 5.94. The van der Waals surface area contributed by atoms with Crippen LogP contribution >= 0.6 is 0 Å². The molecular formula is C12H12N2O4S. The second-order valence-electron chi connectivity index (χ2n) is 4.75. The molecule has 1 fully saturated rings. The summed E-state index contributed by atoms with van der Waals surface area (Å²) in [6.45, 7) is 0.412. The monoisotopic (exact) mass is 280 g/mol. The standard InChI is InChI=1S/C12H12N2O4S/c15-14(16)11-3-1-2-4-12(11)19(17,18)13-8-9-5-6-10(13)7-9/h1-6,9-10H,7-8H2. The Morgan fingerprint density at radius 1 is 1.26 bits per heavy atom. The van der Waals surface area contributed by atoms with Gasteiger partial charge in [0.2, 0.25) is 10.0 Å². The summed E-state index contributed by atoms with van der Waals surface area (Å²) in [5.74, 6) is 0.238. The maximum atomic E-state index is 12.5. The maximum absolute atomic E-state index is 12.5. The van der Waals surface area contributed by atoms with Crippen LogP contribution in [0.1, 0.15) is 6.42 Å². The lowest BCUT2D eigenvalue weighted by atomic mass is 10.2. The van der Waals surface area contributed by atoms with Crippen LogP contribution in [-0.4, -0.2) is 30.2 Å². The summed E-state index contributed by atoms with van der Waals surface area (Å²) in [7, 11) is -3.80. The minimum Gasteiger partial charge on any atom is -0.258 e. The third-order valence-corrected chi connectivity index (χ3v) is 5.52. The smallest absolute Gasteiger partial charge is 0.258 e. The molecule has 0 radical (unpaired) electrons. The number of para-hydroxylation sites is 1. The van der Waals surface area contributed by atoms with Gasteiger partial charge >= 0.3 is 0 Å². The van der Waals surface area contributed by atoms with Crippen LogP contribution < -0.4 is 0 Å². The average molecular weight is 280 g/mol. The van der Waals surface area contributed by atoms with E-state index in [0.29, 0.717) is 6.54 Å². The molecule has 0 amide bonds. The molecule has 0 spiro atoms. The number of nitro groups is 1. The van der Waals surface area contributed by atoms with Crippen molar-refractivity contribution in [2.45, 2.75) is 17.4 Å². The van der Waals surface area contributed by atoms with Gasteiger partial charge in [-0.1, -0.05) is 24.3 Å². The molecule has 6 nitrogen and oxygen atoms in total. The van der Waals surface area contributed by atoms with Crippen molar-refractivity contribution in [3.05, 3.63) is 46.5 Å². The number of nitro benzene ring substituents is 1. The lowest BCUT2D eigenvalue weighted by Crippen LogP contribution is -2.36. The minimum absolute atomic E-state index is 0.158. The summed E-state index contributed by atoms with van der Waals surface area (Å²) in [5.41, 5.74) is -0.366. The topological polar surface area (TPSA) is 80.5 Å². The zero-order valence-corrected chi connectivity index (χ0v) is 10.8. The van der Waals surface area contributed by atoms with Crippen LogP contribution in [-0.2, 0) is 10.0 Å². The predicted molar refractivity (Wildman–Crippen MR) is 68.0 cm³/mol. The molecule has 2 atom stereocenters. The Kier molecular flexibility index (Phi) is 2.68. The number of hydrogen-bond acceptors (Lipinski definition) is 4. The Labute approximate surface area is 110 Å². The van der Waals surface area contributed by atoms with E-state index < -0.39 is 14.9 Å². The summed E-state index contributed by atoms with van der Waals surface area (Å²) in [6, 6.07) is 5.33. The fraction of sp³-hybridized carbons (Fsp3) is 0.333. The maximum Gasteiger partial charge on any atom is 0.289 e. The Morgan fingerprint density at radius 2 is 2.00 bits per heavy atom. The van der Waals surface area contributed by atoms with Crippen LogP contribution in [0, 0.1) is 16.0 Å². The zero-order valence-electron chi connectivity index (χ0n) is 9.97. The number of rotatable bonds is 3. The van der Waals surface area contributed by atoms with Crippen molar-refractivity contribution in [3.8, 4) is 0 Å². The van der Waals surface area contributed by atoms with E-state index in [4.69, 9.17) is 0 Å². The van der Waals surface area contributed by atoms with E-state index in [9.17, 15) is 18.5 Å². The molecule has 2 bridgehead atoms. The largest absolute Gasteiger partial charge is 0.289 e. The van der Waals surface area contributed by atoms with Gasteiger partial charge in [-0.15, -0.1) is 0 Å². The van der Waals surface area contributed by atoms with Crippen LogP contribution in [0.2, 0.25) is 0 Å². The number of sulfonamides is 1. The molecule has 1 aromatic carbocycles. The van der Waals surface area contributed by atoms with E-state index in [-0.39, 0.29) is 22.5 Å². The van der Waals surface area contributed by atoms with Gasteiger partial charge in [-0.3, -0.25) is 10.1 Å². The molecule has 1 heterocycles. The lowest BCUT2D eigenvalue weighted by Gasteiger charge is -2.22. The van der Waals surface area contributed by atoms with Gasteiger partial charge in [0.05, 0.1) is 4.92 Å². The fourth-order valence-electron chi connectivity index (χ4n) is 2.70. The van der Waals surface area contributed by atoms with Crippen molar-refractivity contribution in [1.82, 2.24) is 4.31 Å². The molecule has 100 valence electrons. The molecule has 2 aliphatic rings. The van der Waals surface area contributed by atoms with Crippen molar-refractivity contribution < 1.29 is 13.3 Å². The van der Waals surface area contributed by atoms with Crippen molar-refractivity contribution >= 4 is 15.7 Å². The molecule has 1 aliphatic heterocycles. The average Bonchev–Trinajstić information content (AvgIpc) is 3.01. The van der Waals surface area contributed by atoms with Crippen molar-refractivity contribution in [3.63, 3.8) is 0 Å². The SMILES string of the molecule is O=[N+]([O-])c1ccccc1S(=O)(=O)N1CC2C=CC1C2. The summed E-state index contributed by atoms with van der Waals surface area (Å²) in [5, 5.41) is 11.0. The number of hydrogen-bond donors (Lipinski definition) is 0. The molecule has 19 heavy (non-hydrogen) atoms. The second-order valence-corrected chi connectivity index (χ2v) is 6.61. The highest BCUT2D eigenvalue weighted by Gasteiger charge is 2.43. The van der Waals surface area contributed by atoms with Gasteiger partial charge in [-0.25, -0.2) is 8.42 Å². The van der Waals surface area contributed by atoms with Gasteiger partial charge in [-0.05, 0) is 18.4 Å². The molecule has 0 saturated carbocycles. The van der Waals surface area contributed by atoms with Gasteiger partial charge in [0.15, 0.2) is 4.90 Å². The summed E-state index contributed by atoms with van der Waals surface area (Å²) in [6.07, 6.45) is 4.65. The van der Waals surface area contributed by atoms with Gasteiger partial charge in [-0.2, -0.15) is 4.31 Å². The third kappa shape index (κ3) is 1.85. The van der Waals surface area contributed by atoms with Gasteiger partial charge < -0.3 is 0 Å². The van der Waals surface area contributed by atoms with E-state index in [1.54, 1.807) is 0 Å². The Morgan fingerprint density at radius 3 is 2.58 bits per heavy atom. The normalized spacial score (nSPS) is 25.9. The number of fused-ring (bicyclic) bond motifs is 2. The van der Waals surface area contributed by atoms with Crippen LogP contribution in [0.25, 0.3) is 0 Å². The Hall–Kier alpha value is -1.73. The third-order valence-electron chi connectivity index (χ3n) is 3.58. The highest BCUT2D eigenvalue weighted by atomic mass is 32.2. The highest BCUT2D eigenvalue weighted by Crippen LogP contribution is 2.37. The molecule has 2 unspecified atom stereocenters. The fourth-order valence-corrected chi connectivity index (χ4v) is 4.51. The molecule has 7 heteroatoms. The van der Waals surface area contributed by atoms with E-state index in [1.165, 1.54) is 28.6 Å². The van der Waals surface area contributed by atoms with Crippen LogP contribution in [0.15, 0.2) is 41.3 Å².